The van der Waals surface area contributed by atoms with Crippen LogP contribution in [-0.4, -0.2) is 24.0 Å². The van der Waals surface area contributed by atoms with Crippen molar-refractivity contribution < 1.29 is 19.1 Å². The Kier molecular flexibility index (Phi) is 3.97. The number of amides is 1. The summed E-state index contributed by atoms with van der Waals surface area (Å²) >= 11 is 0. The van der Waals surface area contributed by atoms with Crippen LogP contribution in [0.15, 0.2) is 42.8 Å². The monoisotopic (exact) mass is 312 g/mol. The Labute approximate surface area is 133 Å². The van der Waals surface area contributed by atoms with Crippen LogP contribution >= 0.6 is 0 Å². The second-order valence-electron chi connectivity index (χ2n) is 5.36. The van der Waals surface area contributed by atoms with Crippen LogP contribution in [0, 0.1) is 5.92 Å². The molecule has 3 rings (SSSR count). The zero-order valence-corrected chi connectivity index (χ0v) is 12.7. The second-order valence-corrected chi connectivity index (χ2v) is 5.36. The van der Waals surface area contributed by atoms with Gasteiger partial charge in [-0.3, -0.25) is 4.79 Å². The first-order valence-corrected chi connectivity index (χ1v) is 7.22. The quantitative estimate of drug-likeness (QED) is 0.522. The van der Waals surface area contributed by atoms with Gasteiger partial charge in [-0.1, -0.05) is 6.07 Å². The number of nitrogens with zero attached hydrogens (tertiary/aromatic N) is 1. The van der Waals surface area contributed by atoms with Crippen LogP contribution in [0.1, 0.15) is 12.8 Å². The number of carbonyl (C=O) groups excluding carboxylic acids is 2. The Hall–Kier alpha value is -2.89. The average molecular weight is 312 g/mol. The molecule has 6 nitrogen and oxygen atoms in total. The maximum absolute atomic E-state index is 11.8. The smallest absolute Gasteiger partial charge is 0.373 e. The number of anilines is 1. The van der Waals surface area contributed by atoms with Crippen LogP contribution in [0.2, 0.25) is 0 Å². The summed E-state index contributed by atoms with van der Waals surface area (Å²) in [5.74, 6) is 0.430. The van der Waals surface area contributed by atoms with Gasteiger partial charge < -0.3 is 14.8 Å². The molecule has 0 spiro atoms. The van der Waals surface area contributed by atoms with Crippen LogP contribution in [0.25, 0.3) is 10.8 Å². The molecule has 1 N–H and O–H groups in total. The SMILES string of the molecule is C=C(Oc1ccc2cc(NC(=O)C3CC3)ncc2c1)C(=O)OC. The fourth-order valence-corrected chi connectivity index (χ4v) is 2.12. The molecule has 6 heteroatoms. The molecule has 1 amide bonds. The summed E-state index contributed by atoms with van der Waals surface area (Å²) < 4.78 is 9.88. The van der Waals surface area contributed by atoms with Crippen molar-refractivity contribution in [2.75, 3.05) is 12.4 Å². The van der Waals surface area contributed by atoms with Gasteiger partial charge in [0.2, 0.25) is 11.7 Å². The van der Waals surface area contributed by atoms with E-state index in [0.717, 1.165) is 23.6 Å². The molecule has 1 heterocycles. The number of hydrogen-bond acceptors (Lipinski definition) is 5. The maximum Gasteiger partial charge on any atom is 0.373 e. The lowest BCUT2D eigenvalue weighted by Crippen LogP contribution is -2.14. The third kappa shape index (κ3) is 3.48. The van der Waals surface area contributed by atoms with Gasteiger partial charge in [0.1, 0.15) is 11.6 Å². The van der Waals surface area contributed by atoms with E-state index in [0.29, 0.717) is 11.6 Å². The first kappa shape index (κ1) is 15.0. The van der Waals surface area contributed by atoms with Crippen molar-refractivity contribution in [2.24, 2.45) is 5.92 Å². The van der Waals surface area contributed by atoms with Crippen molar-refractivity contribution in [2.45, 2.75) is 12.8 Å². The third-order valence-electron chi connectivity index (χ3n) is 3.55. The van der Waals surface area contributed by atoms with Crippen LogP contribution in [0.4, 0.5) is 5.82 Å². The lowest BCUT2D eigenvalue weighted by atomic mass is 10.1. The summed E-state index contributed by atoms with van der Waals surface area (Å²) in [7, 11) is 1.26. The molecule has 0 unspecified atom stereocenters. The summed E-state index contributed by atoms with van der Waals surface area (Å²) in [5, 5.41) is 4.54. The van der Waals surface area contributed by atoms with Gasteiger partial charge in [-0.2, -0.15) is 0 Å². The molecule has 0 bridgehead atoms. The van der Waals surface area contributed by atoms with E-state index < -0.39 is 5.97 Å². The minimum atomic E-state index is -0.624. The molecule has 0 radical (unpaired) electrons. The highest BCUT2D eigenvalue weighted by molar-refractivity contribution is 5.95. The molecule has 1 aliphatic rings. The Morgan fingerprint density at radius 2 is 2.04 bits per heavy atom. The summed E-state index contributed by atoms with van der Waals surface area (Å²) in [4.78, 5) is 27.3. The summed E-state index contributed by atoms with van der Waals surface area (Å²) in [5.41, 5.74) is 0. The highest BCUT2D eigenvalue weighted by Crippen LogP contribution is 2.30. The first-order chi connectivity index (χ1) is 11.1. The average Bonchev–Trinajstić information content (AvgIpc) is 3.39. The fraction of sp³-hybridized carbons (Fsp3) is 0.235. The number of benzene rings is 1. The Balaban J connectivity index is 1.76. The second kappa shape index (κ2) is 6.08. The molecule has 1 saturated carbocycles. The summed E-state index contributed by atoms with van der Waals surface area (Å²) in [6.45, 7) is 3.51. The lowest BCUT2D eigenvalue weighted by Gasteiger charge is -2.09. The number of hydrogen-bond donors (Lipinski definition) is 1. The number of pyridine rings is 1. The van der Waals surface area contributed by atoms with Gasteiger partial charge in [-0.05, 0) is 43.0 Å². The van der Waals surface area contributed by atoms with Crippen molar-refractivity contribution in [3.05, 3.63) is 42.8 Å². The van der Waals surface area contributed by atoms with Crippen LogP contribution in [-0.2, 0) is 14.3 Å². The molecule has 1 aliphatic carbocycles. The predicted molar refractivity (Wildman–Crippen MR) is 84.9 cm³/mol. The molecular formula is C17H16N2O4. The minimum absolute atomic E-state index is 0.0196. The van der Waals surface area contributed by atoms with Gasteiger partial charge in [-0.25, -0.2) is 9.78 Å². The number of carbonyl (C=O) groups is 2. The van der Waals surface area contributed by atoms with E-state index in [1.807, 2.05) is 6.07 Å². The van der Waals surface area contributed by atoms with Crippen molar-refractivity contribution >= 4 is 28.5 Å². The Bertz CT molecular complexity index is 796. The van der Waals surface area contributed by atoms with Gasteiger partial charge in [0.05, 0.1) is 7.11 Å². The molecule has 1 aromatic heterocycles. The van der Waals surface area contributed by atoms with Gasteiger partial charge in [-0.15, -0.1) is 0 Å². The number of ether oxygens (including phenoxy) is 2. The van der Waals surface area contributed by atoms with Crippen molar-refractivity contribution in [1.82, 2.24) is 4.98 Å². The van der Waals surface area contributed by atoms with E-state index in [-0.39, 0.29) is 17.6 Å². The minimum Gasteiger partial charge on any atom is -0.463 e. The third-order valence-corrected chi connectivity index (χ3v) is 3.55. The summed E-state index contributed by atoms with van der Waals surface area (Å²) in [6, 6.07) is 7.07. The highest BCUT2D eigenvalue weighted by atomic mass is 16.6. The maximum atomic E-state index is 11.8. The van der Waals surface area contributed by atoms with Crippen LogP contribution in [0.3, 0.4) is 0 Å². The van der Waals surface area contributed by atoms with Crippen molar-refractivity contribution in [3.63, 3.8) is 0 Å². The van der Waals surface area contributed by atoms with Crippen molar-refractivity contribution in [3.8, 4) is 5.75 Å². The van der Waals surface area contributed by atoms with E-state index >= 15 is 0 Å². The highest BCUT2D eigenvalue weighted by Gasteiger charge is 2.29. The number of fused-ring (bicyclic) bond motifs is 1. The number of methoxy groups -OCH3 is 1. The molecule has 1 fully saturated rings. The molecular weight excluding hydrogens is 296 g/mol. The lowest BCUT2D eigenvalue weighted by molar-refractivity contribution is -0.138. The summed E-state index contributed by atoms with van der Waals surface area (Å²) in [6.07, 6.45) is 3.54. The van der Waals surface area contributed by atoms with Gasteiger partial charge in [0, 0.05) is 17.5 Å². The van der Waals surface area contributed by atoms with Crippen molar-refractivity contribution in [1.29, 1.82) is 0 Å². The molecule has 1 aromatic carbocycles. The number of nitrogens with one attached hydrogen (secondary N) is 1. The van der Waals surface area contributed by atoms with Gasteiger partial charge in [0.15, 0.2) is 0 Å². The molecule has 0 aliphatic heterocycles. The fourth-order valence-electron chi connectivity index (χ4n) is 2.12. The van der Waals surface area contributed by atoms with Crippen LogP contribution < -0.4 is 10.1 Å². The topological polar surface area (TPSA) is 77.5 Å². The molecule has 0 atom stereocenters. The zero-order valence-electron chi connectivity index (χ0n) is 12.7. The van der Waals surface area contributed by atoms with Crippen LogP contribution in [0.5, 0.6) is 5.75 Å². The zero-order chi connectivity index (χ0) is 16.4. The number of aromatic nitrogens is 1. The molecule has 0 saturated heterocycles. The molecule has 2 aromatic rings. The Morgan fingerprint density at radius 3 is 2.74 bits per heavy atom. The van der Waals surface area contributed by atoms with Gasteiger partial charge in [0.25, 0.3) is 0 Å². The van der Waals surface area contributed by atoms with E-state index in [4.69, 9.17) is 4.74 Å². The number of esters is 1. The molecule has 23 heavy (non-hydrogen) atoms. The molecule has 118 valence electrons. The van der Waals surface area contributed by atoms with E-state index in [9.17, 15) is 9.59 Å². The number of rotatable bonds is 5. The van der Waals surface area contributed by atoms with E-state index in [1.165, 1.54) is 7.11 Å². The normalized spacial score (nSPS) is 13.4. The Morgan fingerprint density at radius 1 is 1.26 bits per heavy atom. The first-order valence-electron chi connectivity index (χ1n) is 7.22. The van der Waals surface area contributed by atoms with E-state index in [1.54, 1.807) is 24.4 Å². The van der Waals surface area contributed by atoms with Gasteiger partial charge >= 0.3 is 5.97 Å². The van der Waals surface area contributed by atoms with E-state index in [2.05, 4.69) is 21.6 Å². The standard InChI is InChI=1S/C17H16N2O4/c1-10(17(21)22-2)23-14-6-5-12-8-15(18-9-13(12)7-14)19-16(20)11-3-4-11/h5-9,11H,1,3-4H2,2H3,(H,18,19,20). The predicted octanol–water partition coefficient (Wildman–Crippen LogP) is 2.65. The largest absolute Gasteiger partial charge is 0.463 e.